The first-order valence-corrected chi connectivity index (χ1v) is 5.40. The van der Waals surface area contributed by atoms with Gasteiger partial charge >= 0.3 is 6.01 Å². The van der Waals surface area contributed by atoms with Gasteiger partial charge < -0.3 is 9.64 Å². The fourth-order valence-electron chi connectivity index (χ4n) is 1.33. The average Bonchev–Trinajstić information content (AvgIpc) is 2.16. The molecule has 0 amide bonds. The lowest BCUT2D eigenvalue weighted by atomic mass is 10.1. The van der Waals surface area contributed by atoms with Gasteiger partial charge in [0.25, 0.3) is 5.95 Å². The van der Waals surface area contributed by atoms with Crippen molar-refractivity contribution in [1.29, 1.82) is 0 Å². The van der Waals surface area contributed by atoms with Gasteiger partial charge in [0.2, 0.25) is 0 Å². The molecule has 6 heteroatoms. The van der Waals surface area contributed by atoms with Gasteiger partial charge in [0.1, 0.15) is 0 Å². The van der Waals surface area contributed by atoms with Gasteiger partial charge in [-0.2, -0.15) is 0 Å². The van der Waals surface area contributed by atoms with Crippen molar-refractivity contribution in [3.8, 4) is 6.01 Å². The molecule has 0 aliphatic rings. The smallest absolute Gasteiger partial charge is 0.355 e. The van der Waals surface area contributed by atoms with E-state index in [4.69, 9.17) is 4.74 Å². The molecule has 1 heterocycles. The van der Waals surface area contributed by atoms with E-state index in [-0.39, 0.29) is 12.1 Å². The van der Waals surface area contributed by atoms with E-state index >= 15 is 0 Å². The van der Waals surface area contributed by atoms with Gasteiger partial charge in [-0.1, -0.05) is 24.0 Å². The minimum atomic E-state index is 0.0776. The SMILES string of the molecule is CC(C)CC(C)Oc1nnc(N(C)C)nn1. The second-order valence-corrected chi connectivity index (χ2v) is 4.44. The molecular formula is C10H19N5O. The number of hydrogen-bond acceptors (Lipinski definition) is 6. The number of rotatable bonds is 5. The standard InChI is InChI=1S/C10H19N5O/c1-7(2)6-8(3)16-10-13-11-9(12-14-10)15(4)5/h7-8H,6H2,1-5H3. The highest BCUT2D eigenvalue weighted by molar-refractivity contribution is 5.21. The van der Waals surface area contributed by atoms with Crippen LogP contribution in [0.5, 0.6) is 6.01 Å². The van der Waals surface area contributed by atoms with Crippen molar-refractivity contribution >= 4 is 5.95 Å². The van der Waals surface area contributed by atoms with Gasteiger partial charge in [-0.15, -0.1) is 10.2 Å². The van der Waals surface area contributed by atoms with Crippen LogP contribution in [0.4, 0.5) is 5.95 Å². The van der Waals surface area contributed by atoms with E-state index in [0.717, 1.165) is 6.42 Å². The van der Waals surface area contributed by atoms with Crippen LogP contribution in [-0.4, -0.2) is 40.6 Å². The number of anilines is 1. The summed E-state index contributed by atoms with van der Waals surface area (Å²) in [5.41, 5.74) is 0. The molecule has 6 nitrogen and oxygen atoms in total. The molecule has 0 saturated heterocycles. The summed E-state index contributed by atoms with van der Waals surface area (Å²) >= 11 is 0. The second kappa shape index (κ2) is 5.58. The molecule has 0 aromatic carbocycles. The van der Waals surface area contributed by atoms with Crippen molar-refractivity contribution in [2.24, 2.45) is 5.92 Å². The summed E-state index contributed by atoms with van der Waals surface area (Å²) in [5, 5.41) is 15.5. The summed E-state index contributed by atoms with van der Waals surface area (Å²) in [6.45, 7) is 6.28. The molecule has 0 saturated carbocycles. The topological polar surface area (TPSA) is 64.0 Å². The molecule has 1 aromatic heterocycles. The van der Waals surface area contributed by atoms with Crippen molar-refractivity contribution < 1.29 is 4.74 Å². The lowest BCUT2D eigenvalue weighted by Crippen LogP contribution is -2.19. The van der Waals surface area contributed by atoms with Crippen LogP contribution >= 0.6 is 0 Å². The van der Waals surface area contributed by atoms with E-state index in [1.165, 1.54) is 0 Å². The van der Waals surface area contributed by atoms with Crippen LogP contribution in [0.15, 0.2) is 0 Å². The monoisotopic (exact) mass is 225 g/mol. The van der Waals surface area contributed by atoms with Crippen molar-refractivity contribution in [3.63, 3.8) is 0 Å². The minimum absolute atomic E-state index is 0.0776. The molecule has 0 radical (unpaired) electrons. The minimum Gasteiger partial charge on any atom is -0.458 e. The summed E-state index contributed by atoms with van der Waals surface area (Å²) in [5.74, 6) is 1.06. The zero-order valence-corrected chi connectivity index (χ0v) is 10.5. The maximum atomic E-state index is 5.49. The Morgan fingerprint density at radius 2 is 1.62 bits per heavy atom. The van der Waals surface area contributed by atoms with Crippen molar-refractivity contribution in [1.82, 2.24) is 20.4 Å². The zero-order valence-electron chi connectivity index (χ0n) is 10.5. The van der Waals surface area contributed by atoms with Crippen LogP contribution in [0.2, 0.25) is 0 Å². The Kier molecular flexibility index (Phi) is 4.39. The lowest BCUT2D eigenvalue weighted by molar-refractivity contribution is 0.173. The number of aromatic nitrogens is 4. The highest BCUT2D eigenvalue weighted by Crippen LogP contribution is 2.10. The highest BCUT2D eigenvalue weighted by atomic mass is 16.5. The van der Waals surface area contributed by atoms with E-state index in [0.29, 0.717) is 11.9 Å². The Bertz CT molecular complexity index is 311. The van der Waals surface area contributed by atoms with Crippen LogP contribution in [0.1, 0.15) is 27.2 Å². The Balaban J connectivity index is 2.55. The van der Waals surface area contributed by atoms with E-state index in [1.54, 1.807) is 4.90 Å². The van der Waals surface area contributed by atoms with Gasteiger partial charge in [-0.05, 0) is 19.3 Å². The maximum Gasteiger partial charge on any atom is 0.355 e. The van der Waals surface area contributed by atoms with E-state index in [2.05, 4.69) is 34.2 Å². The molecule has 0 N–H and O–H groups in total. The molecule has 0 bridgehead atoms. The molecule has 1 rings (SSSR count). The Morgan fingerprint density at radius 3 is 2.06 bits per heavy atom. The van der Waals surface area contributed by atoms with Gasteiger partial charge in [-0.25, -0.2) is 0 Å². The number of nitrogens with zero attached hydrogens (tertiary/aromatic N) is 5. The largest absolute Gasteiger partial charge is 0.458 e. The van der Waals surface area contributed by atoms with Crippen molar-refractivity contribution in [3.05, 3.63) is 0 Å². The van der Waals surface area contributed by atoms with Crippen LogP contribution in [-0.2, 0) is 0 Å². The van der Waals surface area contributed by atoms with Gasteiger partial charge in [0, 0.05) is 14.1 Å². The quantitative estimate of drug-likeness (QED) is 0.749. The van der Waals surface area contributed by atoms with E-state index in [9.17, 15) is 0 Å². The molecule has 0 aliphatic heterocycles. The third kappa shape index (κ3) is 3.96. The summed E-state index contributed by atoms with van der Waals surface area (Å²) in [6.07, 6.45) is 1.03. The third-order valence-electron chi connectivity index (χ3n) is 1.96. The van der Waals surface area contributed by atoms with Crippen LogP contribution in [0.3, 0.4) is 0 Å². The maximum absolute atomic E-state index is 5.49. The summed E-state index contributed by atoms with van der Waals surface area (Å²) in [7, 11) is 3.67. The van der Waals surface area contributed by atoms with E-state index in [1.807, 2.05) is 21.0 Å². The number of ether oxygens (including phenoxy) is 1. The Hall–Kier alpha value is -1.46. The summed E-state index contributed by atoms with van der Waals surface area (Å²) in [4.78, 5) is 1.74. The van der Waals surface area contributed by atoms with Crippen molar-refractivity contribution in [2.45, 2.75) is 33.3 Å². The molecule has 1 unspecified atom stereocenters. The molecule has 90 valence electrons. The molecule has 0 aliphatic carbocycles. The summed E-state index contributed by atoms with van der Waals surface area (Å²) < 4.78 is 5.49. The van der Waals surface area contributed by atoms with Gasteiger partial charge in [0.15, 0.2) is 0 Å². The molecule has 0 fully saturated rings. The highest BCUT2D eigenvalue weighted by Gasteiger charge is 2.10. The predicted molar refractivity (Wildman–Crippen MR) is 61.5 cm³/mol. The van der Waals surface area contributed by atoms with E-state index < -0.39 is 0 Å². The predicted octanol–water partition coefficient (Wildman–Crippen LogP) is 1.15. The number of hydrogen-bond donors (Lipinski definition) is 0. The lowest BCUT2D eigenvalue weighted by Gasteiger charge is -2.14. The first kappa shape index (κ1) is 12.6. The summed E-state index contributed by atoms with van der Waals surface area (Å²) in [6, 6.07) is 0.235. The fraction of sp³-hybridized carbons (Fsp3) is 0.800. The third-order valence-corrected chi connectivity index (χ3v) is 1.96. The van der Waals surface area contributed by atoms with Gasteiger partial charge in [0.05, 0.1) is 6.10 Å². The molecule has 16 heavy (non-hydrogen) atoms. The molecule has 1 aromatic rings. The van der Waals surface area contributed by atoms with Gasteiger partial charge in [-0.3, -0.25) is 0 Å². The normalized spacial score (nSPS) is 12.6. The average molecular weight is 225 g/mol. The van der Waals surface area contributed by atoms with Crippen molar-refractivity contribution in [2.75, 3.05) is 19.0 Å². The fourth-order valence-corrected chi connectivity index (χ4v) is 1.33. The zero-order chi connectivity index (χ0) is 12.1. The second-order valence-electron chi connectivity index (χ2n) is 4.44. The molecule has 0 spiro atoms. The molecule has 1 atom stereocenters. The first-order chi connectivity index (χ1) is 7.49. The van der Waals surface area contributed by atoms with Crippen LogP contribution in [0.25, 0.3) is 0 Å². The Labute approximate surface area is 96.0 Å². The Morgan fingerprint density at radius 1 is 1.06 bits per heavy atom. The van der Waals surface area contributed by atoms with Crippen LogP contribution < -0.4 is 9.64 Å². The van der Waals surface area contributed by atoms with Crippen LogP contribution in [0, 0.1) is 5.92 Å². The first-order valence-electron chi connectivity index (χ1n) is 5.40. The molecular weight excluding hydrogens is 206 g/mol.